The zero-order valence-corrected chi connectivity index (χ0v) is 17.3. The number of hydrogen-bond acceptors (Lipinski definition) is 4. The van der Waals surface area contributed by atoms with E-state index >= 15 is 0 Å². The van der Waals surface area contributed by atoms with Gasteiger partial charge < -0.3 is 9.64 Å². The smallest absolute Gasteiger partial charge is 0.261 e. The number of carbonyl (C=O) groups excluding carboxylic acids is 1. The number of hydrogen-bond donors (Lipinski definition) is 0. The normalized spacial score (nSPS) is 11.0. The van der Waals surface area contributed by atoms with Crippen LogP contribution in [0.15, 0.2) is 65.7 Å². The number of rotatable bonds is 5. The maximum absolute atomic E-state index is 12.7. The van der Waals surface area contributed by atoms with Gasteiger partial charge in [-0.2, -0.15) is 0 Å². The van der Waals surface area contributed by atoms with Crippen LogP contribution < -0.4 is 10.3 Å². The monoisotopic (exact) mass is 401 g/mol. The molecule has 6 nitrogen and oxygen atoms in total. The predicted octanol–water partition coefficient (Wildman–Crippen LogP) is 3.53. The molecule has 0 aliphatic carbocycles. The first kappa shape index (κ1) is 19.6. The maximum Gasteiger partial charge on any atom is 0.261 e. The van der Waals surface area contributed by atoms with Gasteiger partial charge in [0.05, 0.1) is 24.3 Å². The summed E-state index contributed by atoms with van der Waals surface area (Å²) in [5.74, 6) is 0.660. The van der Waals surface area contributed by atoms with Crippen LogP contribution in [0.4, 0.5) is 0 Å². The molecule has 0 fully saturated rings. The number of benzene rings is 3. The van der Waals surface area contributed by atoms with Crippen LogP contribution in [-0.4, -0.2) is 34.5 Å². The second-order valence-corrected chi connectivity index (χ2v) is 7.50. The molecule has 0 aliphatic heterocycles. The van der Waals surface area contributed by atoms with E-state index in [1.165, 1.54) is 10.9 Å². The average molecular weight is 401 g/mol. The van der Waals surface area contributed by atoms with Gasteiger partial charge in [-0.3, -0.25) is 14.2 Å². The molecule has 0 N–H and O–H groups in total. The molecule has 1 amide bonds. The Kier molecular flexibility index (Phi) is 5.23. The Morgan fingerprint density at radius 1 is 1.07 bits per heavy atom. The third-order valence-corrected chi connectivity index (χ3v) is 5.24. The van der Waals surface area contributed by atoms with E-state index in [-0.39, 0.29) is 18.0 Å². The first-order valence-corrected chi connectivity index (χ1v) is 9.71. The van der Waals surface area contributed by atoms with Crippen LogP contribution >= 0.6 is 0 Å². The maximum atomic E-state index is 12.7. The minimum atomic E-state index is -0.204. The first-order valence-electron chi connectivity index (χ1n) is 9.71. The topological polar surface area (TPSA) is 64.4 Å². The molecule has 0 saturated heterocycles. The Balaban J connectivity index is 1.51. The quantitative estimate of drug-likeness (QED) is 0.513. The lowest BCUT2D eigenvalue weighted by Gasteiger charge is -2.18. The summed E-state index contributed by atoms with van der Waals surface area (Å²) in [6.45, 7) is 2.33. The Morgan fingerprint density at radius 2 is 1.83 bits per heavy atom. The van der Waals surface area contributed by atoms with Crippen molar-refractivity contribution >= 4 is 27.6 Å². The Hall–Kier alpha value is -3.67. The molecule has 0 saturated carbocycles. The number of methoxy groups -OCH3 is 1. The molecule has 1 heterocycles. The zero-order chi connectivity index (χ0) is 21.3. The molecule has 3 aromatic carbocycles. The molecule has 152 valence electrons. The lowest BCUT2D eigenvalue weighted by atomic mass is 10.1. The lowest BCUT2D eigenvalue weighted by molar-refractivity contribution is -0.131. The number of ether oxygens (including phenoxy) is 1. The van der Waals surface area contributed by atoms with Gasteiger partial charge in [0, 0.05) is 13.6 Å². The number of aryl methyl sites for hydroxylation is 1. The molecule has 1 aromatic heterocycles. The van der Waals surface area contributed by atoms with Crippen molar-refractivity contribution in [3.63, 3.8) is 0 Å². The van der Waals surface area contributed by atoms with E-state index in [2.05, 4.69) is 11.1 Å². The fourth-order valence-electron chi connectivity index (χ4n) is 3.51. The Labute approximate surface area is 174 Å². The van der Waals surface area contributed by atoms with E-state index in [0.717, 1.165) is 27.6 Å². The molecular formula is C24H23N3O3. The Morgan fingerprint density at radius 3 is 2.63 bits per heavy atom. The van der Waals surface area contributed by atoms with Crippen LogP contribution in [0, 0.1) is 6.92 Å². The summed E-state index contributed by atoms with van der Waals surface area (Å²) in [7, 11) is 3.39. The van der Waals surface area contributed by atoms with Crippen molar-refractivity contribution in [2.24, 2.45) is 0 Å². The molecular weight excluding hydrogens is 378 g/mol. The van der Waals surface area contributed by atoms with Gasteiger partial charge in [0.15, 0.2) is 0 Å². The van der Waals surface area contributed by atoms with Crippen LogP contribution in [0.1, 0.15) is 11.1 Å². The summed E-state index contributed by atoms with van der Waals surface area (Å²) < 4.78 is 6.63. The molecule has 0 atom stereocenters. The second kappa shape index (κ2) is 7.99. The van der Waals surface area contributed by atoms with Crippen molar-refractivity contribution in [3.8, 4) is 5.75 Å². The SMILES string of the molecule is COc1ccc2cc(CN(C)C(=O)Cn3cnc4ccc(C)cc4c3=O)ccc2c1. The molecule has 0 unspecified atom stereocenters. The van der Waals surface area contributed by atoms with Crippen molar-refractivity contribution in [1.82, 2.24) is 14.5 Å². The highest BCUT2D eigenvalue weighted by molar-refractivity contribution is 5.85. The highest BCUT2D eigenvalue weighted by Crippen LogP contribution is 2.22. The minimum Gasteiger partial charge on any atom is -0.497 e. The van der Waals surface area contributed by atoms with E-state index in [1.54, 1.807) is 25.1 Å². The van der Waals surface area contributed by atoms with Gasteiger partial charge in [-0.15, -0.1) is 0 Å². The molecule has 0 radical (unpaired) electrons. The van der Waals surface area contributed by atoms with Crippen LogP contribution in [-0.2, 0) is 17.9 Å². The first-order chi connectivity index (χ1) is 14.4. The lowest BCUT2D eigenvalue weighted by Crippen LogP contribution is -2.33. The van der Waals surface area contributed by atoms with E-state index in [9.17, 15) is 9.59 Å². The summed E-state index contributed by atoms with van der Waals surface area (Å²) in [6.07, 6.45) is 1.44. The van der Waals surface area contributed by atoms with Gasteiger partial charge in [0.2, 0.25) is 5.91 Å². The number of fused-ring (bicyclic) bond motifs is 2. The Bertz CT molecular complexity index is 1310. The van der Waals surface area contributed by atoms with E-state index < -0.39 is 0 Å². The van der Waals surface area contributed by atoms with Crippen molar-refractivity contribution in [3.05, 3.63) is 82.4 Å². The van der Waals surface area contributed by atoms with Gasteiger partial charge in [-0.05, 0) is 53.6 Å². The highest BCUT2D eigenvalue weighted by Gasteiger charge is 2.13. The largest absolute Gasteiger partial charge is 0.497 e. The molecule has 4 rings (SSSR count). The average Bonchev–Trinajstić information content (AvgIpc) is 2.75. The van der Waals surface area contributed by atoms with Crippen LogP contribution in [0.3, 0.4) is 0 Å². The summed E-state index contributed by atoms with van der Waals surface area (Å²) >= 11 is 0. The second-order valence-electron chi connectivity index (χ2n) is 7.50. The molecule has 6 heteroatoms. The van der Waals surface area contributed by atoms with E-state index in [0.29, 0.717) is 17.4 Å². The fourth-order valence-corrected chi connectivity index (χ4v) is 3.51. The molecule has 0 bridgehead atoms. The molecule has 0 spiro atoms. The van der Waals surface area contributed by atoms with E-state index in [1.807, 2.05) is 49.4 Å². The van der Waals surface area contributed by atoms with Crippen LogP contribution in [0.5, 0.6) is 5.75 Å². The van der Waals surface area contributed by atoms with Gasteiger partial charge in [-0.25, -0.2) is 4.98 Å². The van der Waals surface area contributed by atoms with E-state index in [4.69, 9.17) is 4.74 Å². The fraction of sp³-hybridized carbons (Fsp3) is 0.208. The third-order valence-electron chi connectivity index (χ3n) is 5.24. The van der Waals surface area contributed by atoms with Crippen molar-refractivity contribution in [1.29, 1.82) is 0 Å². The number of amides is 1. The predicted molar refractivity (Wildman–Crippen MR) is 118 cm³/mol. The number of aromatic nitrogens is 2. The van der Waals surface area contributed by atoms with Crippen LogP contribution in [0.25, 0.3) is 21.7 Å². The minimum absolute atomic E-state index is 0.0446. The van der Waals surface area contributed by atoms with Crippen molar-refractivity contribution in [2.45, 2.75) is 20.0 Å². The summed E-state index contributed by atoms with van der Waals surface area (Å²) in [5.41, 5.74) is 2.43. The summed E-state index contributed by atoms with van der Waals surface area (Å²) in [5, 5.41) is 2.69. The zero-order valence-electron chi connectivity index (χ0n) is 17.3. The summed E-state index contributed by atoms with van der Waals surface area (Å²) in [6, 6.07) is 17.5. The van der Waals surface area contributed by atoms with Gasteiger partial charge >= 0.3 is 0 Å². The third kappa shape index (κ3) is 3.89. The van der Waals surface area contributed by atoms with Crippen molar-refractivity contribution < 1.29 is 9.53 Å². The number of likely N-dealkylation sites (N-methyl/N-ethyl adjacent to an activating group) is 1. The summed E-state index contributed by atoms with van der Waals surface area (Å²) in [4.78, 5) is 31.4. The van der Waals surface area contributed by atoms with Crippen LogP contribution in [0.2, 0.25) is 0 Å². The number of carbonyl (C=O) groups is 1. The number of nitrogens with zero attached hydrogens (tertiary/aromatic N) is 3. The molecule has 4 aromatic rings. The van der Waals surface area contributed by atoms with Gasteiger partial charge in [-0.1, -0.05) is 29.8 Å². The molecule has 0 aliphatic rings. The van der Waals surface area contributed by atoms with Crippen molar-refractivity contribution in [2.75, 3.05) is 14.2 Å². The molecule has 30 heavy (non-hydrogen) atoms. The standard InChI is InChI=1S/C24H23N3O3/c1-16-4-9-22-21(10-16)24(29)27(15-25-22)14-23(28)26(2)13-17-5-6-19-12-20(30-3)8-7-18(19)11-17/h4-12,15H,13-14H2,1-3H3. The van der Waals surface area contributed by atoms with Gasteiger partial charge in [0.25, 0.3) is 5.56 Å². The highest BCUT2D eigenvalue weighted by atomic mass is 16.5. The van der Waals surface area contributed by atoms with Gasteiger partial charge in [0.1, 0.15) is 12.3 Å².